The number of carbonyl (C=O) groups is 1. The third kappa shape index (κ3) is 2.52. The molecule has 2 rings (SSSR count). The minimum atomic E-state index is -2.97. The standard InChI is InChI=1S/C10H13N3O3S2/c1-2-13-7-5-18(15,16)6-8(7)17-10(13)12-9(14)3-4-11/h7-8H,2-3,5-6H2,1H3/t7-,8+/m1/s1. The summed E-state index contributed by atoms with van der Waals surface area (Å²) in [6.45, 7) is 2.51. The maximum absolute atomic E-state index is 11.5. The molecule has 0 N–H and O–H groups in total. The van der Waals surface area contributed by atoms with Gasteiger partial charge in [-0.25, -0.2) is 8.42 Å². The number of sulfone groups is 1. The lowest BCUT2D eigenvalue weighted by Gasteiger charge is -2.21. The Morgan fingerprint density at radius 1 is 1.61 bits per heavy atom. The maximum atomic E-state index is 11.5. The number of amides is 1. The van der Waals surface area contributed by atoms with Gasteiger partial charge in [-0.15, -0.1) is 0 Å². The van der Waals surface area contributed by atoms with Crippen molar-refractivity contribution in [2.75, 3.05) is 18.1 Å². The van der Waals surface area contributed by atoms with Gasteiger partial charge >= 0.3 is 0 Å². The van der Waals surface area contributed by atoms with Crippen LogP contribution in [0.3, 0.4) is 0 Å². The van der Waals surface area contributed by atoms with Crippen molar-refractivity contribution in [2.45, 2.75) is 24.6 Å². The first-order valence-corrected chi connectivity index (χ1v) is 8.29. The van der Waals surface area contributed by atoms with Gasteiger partial charge < -0.3 is 4.90 Å². The van der Waals surface area contributed by atoms with E-state index in [0.717, 1.165) is 0 Å². The van der Waals surface area contributed by atoms with Crippen molar-refractivity contribution in [1.29, 1.82) is 5.26 Å². The fraction of sp³-hybridized carbons (Fsp3) is 0.700. The quantitative estimate of drug-likeness (QED) is 0.711. The molecular weight excluding hydrogens is 274 g/mol. The fourth-order valence-electron chi connectivity index (χ4n) is 2.22. The molecule has 8 heteroatoms. The molecule has 2 heterocycles. The van der Waals surface area contributed by atoms with Gasteiger partial charge in [0.25, 0.3) is 5.91 Å². The van der Waals surface area contributed by atoms with E-state index in [2.05, 4.69) is 4.99 Å². The average molecular weight is 287 g/mol. The van der Waals surface area contributed by atoms with E-state index in [0.29, 0.717) is 11.7 Å². The molecule has 1 amide bonds. The van der Waals surface area contributed by atoms with Crippen molar-refractivity contribution in [1.82, 2.24) is 4.90 Å². The summed E-state index contributed by atoms with van der Waals surface area (Å²) < 4.78 is 23.1. The minimum absolute atomic E-state index is 0.0383. The van der Waals surface area contributed by atoms with E-state index < -0.39 is 15.7 Å². The van der Waals surface area contributed by atoms with Crippen molar-refractivity contribution in [2.24, 2.45) is 4.99 Å². The highest BCUT2D eigenvalue weighted by molar-refractivity contribution is 8.15. The Morgan fingerprint density at radius 3 is 2.94 bits per heavy atom. The van der Waals surface area contributed by atoms with Crippen molar-refractivity contribution in [3.05, 3.63) is 0 Å². The lowest BCUT2D eigenvalue weighted by molar-refractivity contribution is -0.116. The predicted octanol–water partition coefficient (Wildman–Crippen LogP) is 0.0170. The number of thioether (sulfide) groups is 1. The molecule has 0 unspecified atom stereocenters. The molecule has 2 atom stereocenters. The van der Waals surface area contributed by atoms with E-state index in [1.165, 1.54) is 11.8 Å². The van der Waals surface area contributed by atoms with Crippen LogP contribution in [0, 0.1) is 11.3 Å². The number of amidine groups is 1. The minimum Gasteiger partial charge on any atom is -0.346 e. The van der Waals surface area contributed by atoms with E-state index in [4.69, 9.17) is 5.26 Å². The van der Waals surface area contributed by atoms with Crippen LogP contribution in [0.15, 0.2) is 4.99 Å². The van der Waals surface area contributed by atoms with Crippen LogP contribution in [-0.4, -0.2) is 53.7 Å². The molecule has 0 radical (unpaired) electrons. The number of aliphatic imine (C=N–C) groups is 1. The van der Waals surface area contributed by atoms with Crippen LogP contribution in [-0.2, 0) is 14.6 Å². The summed E-state index contributed by atoms with van der Waals surface area (Å²) in [5.74, 6) is -0.199. The smallest absolute Gasteiger partial charge is 0.262 e. The van der Waals surface area contributed by atoms with Crippen LogP contribution >= 0.6 is 11.8 Å². The van der Waals surface area contributed by atoms with Crippen molar-refractivity contribution >= 4 is 32.7 Å². The van der Waals surface area contributed by atoms with E-state index >= 15 is 0 Å². The Kier molecular flexibility index (Phi) is 3.64. The first-order chi connectivity index (χ1) is 8.46. The molecule has 0 spiro atoms. The molecule has 0 aromatic rings. The van der Waals surface area contributed by atoms with Gasteiger partial charge in [-0.05, 0) is 6.92 Å². The first-order valence-electron chi connectivity index (χ1n) is 5.59. The number of fused-ring (bicyclic) bond motifs is 1. The maximum Gasteiger partial charge on any atom is 0.262 e. The number of hydrogen-bond donors (Lipinski definition) is 0. The van der Waals surface area contributed by atoms with Crippen LogP contribution in [0.5, 0.6) is 0 Å². The van der Waals surface area contributed by atoms with Gasteiger partial charge in [-0.2, -0.15) is 10.3 Å². The third-order valence-electron chi connectivity index (χ3n) is 2.97. The number of nitriles is 1. The fourth-order valence-corrected chi connectivity index (χ4v) is 6.25. The molecule has 0 aromatic carbocycles. The molecule has 0 aromatic heterocycles. The molecule has 2 fully saturated rings. The highest BCUT2D eigenvalue weighted by atomic mass is 32.2. The zero-order valence-corrected chi connectivity index (χ0v) is 11.5. The molecule has 0 bridgehead atoms. The third-order valence-corrected chi connectivity index (χ3v) is 6.21. The predicted molar refractivity (Wildman–Crippen MR) is 68.9 cm³/mol. The first kappa shape index (κ1) is 13.4. The van der Waals surface area contributed by atoms with Gasteiger partial charge in [-0.3, -0.25) is 4.79 Å². The topological polar surface area (TPSA) is 90.6 Å². The van der Waals surface area contributed by atoms with Crippen LogP contribution in [0.4, 0.5) is 0 Å². The normalized spacial score (nSPS) is 31.3. The summed E-state index contributed by atoms with van der Waals surface area (Å²) in [6, 6.07) is 1.67. The SMILES string of the molecule is CCN1C(=NC(=O)CC#N)S[C@H]2CS(=O)(=O)C[C@H]21. The summed E-state index contributed by atoms with van der Waals surface area (Å²) >= 11 is 1.34. The molecule has 6 nitrogen and oxygen atoms in total. The summed E-state index contributed by atoms with van der Waals surface area (Å²) in [4.78, 5) is 17.1. The zero-order valence-electron chi connectivity index (χ0n) is 9.87. The largest absolute Gasteiger partial charge is 0.346 e. The Balaban J connectivity index is 2.19. The Morgan fingerprint density at radius 2 is 2.33 bits per heavy atom. The van der Waals surface area contributed by atoms with Crippen LogP contribution < -0.4 is 0 Å². The van der Waals surface area contributed by atoms with Gasteiger partial charge in [0.1, 0.15) is 6.42 Å². The monoisotopic (exact) mass is 287 g/mol. The molecule has 0 aliphatic carbocycles. The Hall–Kier alpha value is -1.07. The molecule has 2 saturated heterocycles. The highest BCUT2D eigenvalue weighted by Crippen LogP contribution is 2.37. The van der Waals surface area contributed by atoms with Crippen molar-refractivity contribution in [3.63, 3.8) is 0 Å². The number of rotatable bonds is 2. The molecule has 2 aliphatic heterocycles. The number of hydrogen-bond acceptors (Lipinski definition) is 5. The summed E-state index contributed by atoms with van der Waals surface area (Å²) in [7, 11) is -2.97. The second-order valence-corrected chi connectivity index (χ2v) is 7.57. The van der Waals surface area contributed by atoms with E-state index in [9.17, 15) is 13.2 Å². The van der Waals surface area contributed by atoms with Gasteiger partial charge in [0.15, 0.2) is 15.0 Å². The molecule has 0 saturated carbocycles. The average Bonchev–Trinajstić information content (AvgIpc) is 2.69. The molecule has 2 aliphatic rings. The molecule has 18 heavy (non-hydrogen) atoms. The Labute approximate surface area is 110 Å². The van der Waals surface area contributed by atoms with E-state index in [-0.39, 0.29) is 29.2 Å². The second-order valence-electron chi connectivity index (χ2n) is 4.21. The van der Waals surface area contributed by atoms with E-state index in [1.807, 2.05) is 11.8 Å². The highest BCUT2D eigenvalue weighted by Gasteiger charge is 2.48. The lowest BCUT2D eigenvalue weighted by atomic mass is 10.2. The lowest BCUT2D eigenvalue weighted by Crippen LogP contribution is -2.37. The van der Waals surface area contributed by atoms with Crippen LogP contribution in [0.2, 0.25) is 0 Å². The summed E-state index contributed by atoms with van der Waals surface area (Å²) in [6.07, 6.45) is -0.241. The summed E-state index contributed by atoms with van der Waals surface area (Å²) in [5.41, 5.74) is 0. The van der Waals surface area contributed by atoms with Crippen LogP contribution in [0.1, 0.15) is 13.3 Å². The van der Waals surface area contributed by atoms with Gasteiger partial charge in [0.2, 0.25) is 0 Å². The molecular formula is C10H13N3O3S2. The Bertz CT molecular complexity index is 535. The number of nitrogens with zero attached hydrogens (tertiary/aromatic N) is 3. The van der Waals surface area contributed by atoms with Crippen LogP contribution in [0.25, 0.3) is 0 Å². The van der Waals surface area contributed by atoms with Crippen molar-refractivity contribution < 1.29 is 13.2 Å². The second kappa shape index (κ2) is 4.90. The van der Waals surface area contributed by atoms with E-state index in [1.54, 1.807) is 6.07 Å². The van der Waals surface area contributed by atoms with Gasteiger partial charge in [-0.1, -0.05) is 11.8 Å². The molecule has 98 valence electrons. The summed E-state index contributed by atoms with van der Waals surface area (Å²) in [5, 5.41) is 8.94. The van der Waals surface area contributed by atoms with Gasteiger partial charge in [0, 0.05) is 11.8 Å². The number of carbonyl (C=O) groups excluding carboxylic acids is 1. The van der Waals surface area contributed by atoms with Crippen molar-refractivity contribution in [3.8, 4) is 6.07 Å². The van der Waals surface area contributed by atoms with Gasteiger partial charge in [0.05, 0.1) is 23.6 Å². The zero-order chi connectivity index (χ0) is 13.3.